The number of H-pyrrole nitrogens is 1. The third-order valence-electron chi connectivity index (χ3n) is 5.82. The number of carbonyl (C=O) groups excluding carboxylic acids is 2. The predicted octanol–water partition coefficient (Wildman–Crippen LogP) is 1.64. The van der Waals surface area contributed by atoms with Crippen molar-refractivity contribution < 1.29 is 9.59 Å². The zero-order valence-corrected chi connectivity index (χ0v) is 18.4. The van der Waals surface area contributed by atoms with Crippen molar-refractivity contribution in [3.63, 3.8) is 0 Å². The van der Waals surface area contributed by atoms with Crippen molar-refractivity contribution in [1.82, 2.24) is 24.3 Å². The van der Waals surface area contributed by atoms with E-state index in [-0.39, 0.29) is 29.4 Å². The van der Waals surface area contributed by atoms with Crippen LogP contribution < -0.4 is 5.56 Å². The number of hydrogen-bond donors (Lipinski definition) is 1. The number of aryl methyl sites for hydroxylation is 2. The summed E-state index contributed by atoms with van der Waals surface area (Å²) >= 11 is 0. The summed E-state index contributed by atoms with van der Waals surface area (Å²) in [5.41, 5.74) is 3.45. The number of hydrogen-bond acceptors (Lipinski definition) is 4. The Morgan fingerprint density at radius 1 is 1.19 bits per heavy atom. The number of fused-ring (bicyclic) bond motifs is 1. The number of nitrogens with zero attached hydrogens (tertiary/aromatic N) is 4. The second kappa shape index (κ2) is 9.21. The fourth-order valence-electron chi connectivity index (χ4n) is 4.08. The monoisotopic (exact) mass is 433 g/mol. The summed E-state index contributed by atoms with van der Waals surface area (Å²) in [5.74, 6) is -0.306. The van der Waals surface area contributed by atoms with Crippen LogP contribution in [0.1, 0.15) is 32.7 Å². The van der Waals surface area contributed by atoms with E-state index in [1.54, 1.807) is 36.1 Å². The number of pyridine rings is 1. The van der Waals surface area contributed by atoms with Gasteiger partial charge in [-0.25, -0.2) is 4.98 Å². The highest BCUT2D eigenvalue weighted by Gasteiger charge is 2.28. The zero-order valence-electron chi connectivity index (χ0n) is 18.4. The van der Waals surface area contributed by atoms with Crippen LogP contribution in [0.5, 0.6) is 0 Å². The van der Waals surface area contributed by atoms with E-state index in [9.17, 15) is 14.4 Å². The molecule has 166 valence electrons. The number of imidazole rings is 1. The summed E-state index contributed by atoms with van der Waals surface area (Å²) < 4.78 is 1.62. The quantitative estimate of drug-likeness (QED) is 0.640. The van der Waals surface area contributed by atoms with E-state index in [0.717, 1.165) is 22.4 Å². The van der Waals surface area contributed by atoms with Gasteiger partial charge in [0.25, 0.3) is 11.5 Å². The summed E-state index contributed by atoms with van der Waals surface area (Å²) in [5, 5.41) is 0. The van der Waals surface area contributed by atoms with Gasteiger partial charge in [-0.15, -0.1) is 0 Å². The van der Waals surface area contributed by atoms with Gasteiger partial charge in [-0.2, -0.15) is 0 Å². The van der Waals surface area contributed by atoms with Crippen LogP contribution in [0, 0.1) is 0 Å². The predicted molar refractivity (Wildman–Crippen MR) is 120 cm³/mol. The van der Waals surface area contributed by atoms with Gasteiger partial charge in [0.15, 0.2) is 0 Å². The average Bonchev–Trinajstić information content (AvgIpc) is 3.30. The Bertz CT molecular complexity index is 1170. The number of rotatable bonds is 6. The van der Waals surface area contributed by atoms with Crippen molar-refractivity contribution in [3.05, 3.63) is 87.4 Å². The number of nitrogens with one attached hydrogen (secondary N) is 1. The van der Waals surface area contributed by atoms with Crippen LogP contribution in [0.25, 0.3) is 0 Å². The van der Waals surface area contributed by atoms with Crippen LogP contribution in [-0.2, 0) is 37.1 Å². The van der Waals surface area contributed by atoms with E-state index >= 15 is 0 Å². The SMILES string of the molecule is CN(C)C(=O)c1c2c(cn(CCc3ccccc3)c1=O)CN(C(=O)Cc1cnc[nH]1)CC2. The van der Waals surface area contributed by atoms with Gasteiger partial charge in [0.05, 0.1) is 12.7 Å². The molecule has 2 amide bonds. The van der Waals surface area contributed by atoms with Gasteiger partial charge in [-0.05, 0) is 29.5 Å². The van der Waals surface area contributed by atoms with Crippen LogP contribution in [0.3, 0.4) is 0 Å². The summed E-state index contributed by atoms with van der Waals surface area (Å²) in [7, 11) is 3.30. The number of amides is 2. The number of carbonyl (C=O) groups is 2. The molecule has 1 aliphatic heterocycles. The van der Waals surface area contributed by atoms with Gasteiger partial charge < -0.3 is 19.4 Å². The minimum absolute atomic E-state index is 0.0116. The minimum Gasteiger partial charge on any atom is -0.348 e. The molecule has 1 aromatic carbocycles. The third kappa shape index (κ3) is 4.49. The molecule has 0 atom stereocenters. The van der Waals surface area contributed by atoms with Crippen LogP contribution in [-0.4, -0.2) is 56.8 Å². The normalized spacial score (nSPS) is 13.0. The van der Waals surface area contributed by atoms with Crippen LogP contribution in [0.2, 0.25) is 0 Å². The first-order valence-corrected chi connectivity index (χ1v) is 10.7. The highest BCUT2D eigenvalue weighted by Crippen LogP contribution is 2.22. The average molecular weight is 434 g/mol. The highest BCUT2D eigenvalue weighted by molar-refractivity contribution is 5.95. The number of aromatic nitrogens is 3. The first-order chi connectivity index (χ1) is 15.4. The lowest BCUT2D eigenvalue weighted by Gasteiger charge is -2.31. The molecule has 0 radical (unpaired) electrons. The fraction of sp³-hybridized carbons (Fsp3) is 0.333. The third-order valence-corrected chi connectivity index (χ3v) is 5.82. The van der Waals surface area contributed by atoms with E-state index in [4.69, 9.17) is 0 Å². The number of benzene rings is 1. The van der Waals surface area contributed by atoms with Gasteiger partial charge in [-0.1, -0.05) is 30.3 Å². The second-order valence-corrected chi connectivity index (χ2v) is 8.26. The maximum Gasteiger partial charge on any atom is 0.263 e. The van der Waals surface area contributed by atoms with Crippen molar-refractivity contribution in [2.45, 2.75) is 32.4 Å². The smallest absolute Gasteiger partial charge is 0.263 e. The van der Waals surface area contributed by atoms with E-state index in [1.165, 1.54) is 4.90 Å². The second-order valence-electron chi connectivity index (χ2n) is 8.26. The molecule has 0 spiro atoms. The van der Waals surface area contributed by atoms with Crippen LogP contribution >= 0.6 is 0 Å². The van der Waals surface area contributed by atoms with Crippen LogP contribution in [0.15, 0.2) is 53.8 Å². The zero-order chi connectivity index (χ0) is 22.7. The Labute approximate surface area is 186 Å². The van der Waals surface area contributed by atoms with Gasteiger partial charge in [-0.3, -0.25) is 14.4 Å². The van der Waals surface area contributed by atoms with E-state index in [1.807, 2.05) is 36.5 Å². The molecule has 0 bridgehead atoms. The largest absolute Gasteiger partial charge is 0.348 e. The van der Waals surface area contributed by atoms with Crippen molar-refractivity contribution in [2.24, 2.45) is 0 Å². The summed E-state index contributed by atoms with van der Waals surface area (Å²) in [4.78, 5) is 49.1. The molecule has 0 unspecified atom stereocenters. The molecule has 8 heteroatoms. The number of aromatic amines is 1. The molecule has 0 saturated heterocycles. The highest BCUT2D eigenvalue weighted by atomic mass is 16.2. The van der Waals surface area contributed by atoms with Gasteiger partial charge in [0, 0.05) is 51.8 Å². The van der Waals surface area contributed by atoms with E-state index in [2.05, 4.69) is 9.97 Å². The van der Waals surface area contributed by atoms with Crippen molar-refractivity contribution in [2.75, 3.05) is 20.6 Å². The van der Waals surface area contributed by atoms with Crippen molar-refractivity contribution in [1.29, 1.82) is 0 Å². The molecule has 0 fully saturated rings. The van der Waals surface area contributed by atoms with E-state index in [0.29, 0.717) is 32.5 Å². The summed E-state index contributed by atoms with van der Waals surface area (Å²) in [6.45, 7) is 1.31. The lowest BCUT2D eigenvalue weighted by Crippen LogP contribution is -2.41. The summed E-state index contributed by atoms with van der Waals surface area (Å²) in [6.07, 6.45) is 6.42. The van der Waals surface area contributed by atoms with Gasteiger partial charge in [0.1, 0.15) is 5.56 Å². The Kier molecular flexibility index (Phi) is 6.20. The van der Waals surface area contributed by atoms with E-state index < -0.39 is 0 Å². The lowest BCUT2D eigenvalue weighted by atomic mass is 9.95. The maximum absolute atomic E-state index is 13.3. The lowest BCUT2D eigenvalue weighted by molar-refractivity contribution is -0.131. The molecule has 3 heterocycles. The minimum atomic E-state index is -0.294. The molecular formula is C24H27N5O3. The Morgan fingerprint density at radius 2 is 1.97 bits per heavy atom. The molecule has 32 heavy (non-hydrogen) atoms. The first-order valence-electron chi connectivity index (χ1n) is 10.7. The fourth-order valence-corrected chi connectivity index (χ4v) is 4.08. The topological polar surface area (TPSA) is 91.3 Å². The standard InChI is InChI=1S/C24H27N5O3/c1-27(2)23(31)22-20-9-11-28(21(30)12-19-13-25-16-26-19)14-18(20)15-29(24(22)32)10-8-17-6-4-3-5-7-17/h3-7,13,15-16H,8-12,14H2,1-2H3,(H,25,26). The summed E-state index contributed by atoms with van der Waals surface area (Å²) in [6, 6.07) is 9.93. The molecule has 3 aromatic rings. The Morgan fingerprint density at radius 3 is 2.66 bits per heavy atom. The molecule has 0 aliphatic carbocycles. The molecule has 8 nitrogen and oxygen atoms in total. The van der Waals surface area contributed by atoms with Gasteiger partial charge in [0.2, 0.25) is 5.91 Å². The Balaban J connectivity index is 1.64. The molecule has 0 saturated carbocycles. The molecule has 2 aromatic heterocycles. The molecule has 1 N–H and O–H groups in total. The molecular weight excluding hydrogens is 406 g/mol. The maximum atomic E-state index is 13.3. The van der Waals surface area contributed by atoms with Crippen LogP contribution in [0.4, 0.5) is 0 Å². The Hall–Kier alpha value is -3.68. The van der Waals surface area contributed by atoms with Gasteiger partial charge >= 0.3 is 0 Å². The van der Waals surface area contributed by atoms with Crippen molar-refractivity contribution >= 4 is 11.8 Å². The molecule has 1 aliphatic rings. The molecule has 4 rings (SSSR count). The first kappa shape index (κ1) is 21.5. The van der Waals surface area contributed by atoms with Crippen molar-refractivity contribution in [3.8, 4) is 0 Å².